The highest BCUT2D eigenvalue weighted by Gasteiger charge is 2.05. The van der Waals surface area contributed by atoms with Crippen LogP contribution in [-0.2, 0) is 6.61 Å². The van der Waals surface area contributed by atoms with Gasteiger partial charge < -0.3 is 10.5 Å². The van der Waals surface area contributed by atoms with Crippen LogP contribution in [0.1, 0.15) is 5.56 Å². The van der Waals surface area contributed by atoms with Gasteiger partial charge >= 0.3 is 0 Å². The normalized spacial score (nSPS) is 10.4. The van der Waals surface area contributed by atoms with Gasteiger partial charge in [-0.3, -0.25) is 0 Å². The van der Waals surface area contributed by atoms with Gasteiger partial charge in [0.2, 0.25) is 0 Å². The zero-order chi connectivity index (χ0) is 13.1. The first-order valence-electron chi connectivity index (χ1n) is 5.18. The van der Waals surface area contributed by atoms with Crippen LogP contribution in [0.3, 0.4) is 0 Å². The van der Waals surface area contributed by atoms with Crippen molar-refractivity contribution < 1.29 is 13.5 Å². The van der Waals surface area contributed by atoms with Crippen molar-refractivity contribution >= 4 is 17.3 Å². The topological polar surface area (TPSA) is 35.2 Å². The summed E-state index contributed by atoms with van der Waals surface area (Å²) < 4.78 is 31.5. The van der Waals surface area contributed by atoms with Crippen LogP contribution in [0.25, 0.3) is 0 Å². The minimum Gasteiger partial charge on any atom is -0.489 e. The van der Waals surface area contributed by atoms with Crippen LogP contribution in [0.5, 0.6) is 5.75 Å². The van der Waals surface area contributed by atoms with Crippen LogP contribution in [0, 0.1) is 11.6 Å². The van der Waals surface area contributed by atoms with Crippen LogP contribution in [0.2, 0.25) is 5.02 Å². The summed E-state index contributed by atoms with van der Waals surface area (Å²) in [7, 11) is 0. The lowest BCUT2D eigenvalue weighted by molar-refractivity contribution is 0.304. The molecule has 94 valence electrons. The Morgan fingerprint density at radius 1 is 1.11 bits per heavy atom. The molecule has 5 heteroatoms. The molecule has 0 heterocycles. The molecule has 0 amide bonds. The molecule has 0 bridgehead atoms. The zero-order valence-corrected chi connectivity index (χ0v) is 10.0. The van der Waals surface area contributed by atoms with Gasteiger partial charge in [-0.05, 0) is 30.3 Å². The molecule has 2 aromatic carbocycles. The highest BCUT2D eigenvalue weighted by Crippen LogP contribution is 2.22. The third-order valence-corrected chi connectivity index (χ3v) is 2.74. The monoisotopic (exact) mass is 269 g/mol. The second kappa shape index (κ2) is 5.23. The predicted octanol–water partition coefficient (Wildman–Crippen LogP) is 3.78. The lowest BCUT2D eigenvalue weighted by Crippen LogP contribution is -1.98. The molecule has 2 nitrogen and oxygen atoms in total. The number of nitrogen functional groups attached to an aromatic ring is 1. The molecule has 0 aromatic heterocycles. The Hall–Kier alpha value is -1.81. The predicted molar refractivity (Wildman–Crippen MR) is 66.6 cm³/mol. The molecule has 0 fully saturated rings. The largest absolute Gasteiger partial charge is 0.489 e. The molecule has 0 unspecified atom stereocenters. The summed E-state index contributed by atoms with van der Waals surface area (Å²) >= 11 is 5.88. The molecule has 2 aromatic rings. The van der Waals surface area contributed by atoms with Crippen LogP contribution in [-0.4, -0.2) is 0 Å². The summed E-state index contributed by atoms with van der Waals surface area (Å²) in [5.74, 6) is -0.652. The van der Waals surface area contributed by atoms with Crippen molar-refractivity contribution in [1.82, 2.24) is 0 Å². The molecule has 0 aliphatic rings. The lowest BCUT2D eigenvalue weighted by atomic mass is 10.2. The van der Waals surface area contributed by atoms with E-state index in [-0.39, 0.29) is 12.3 Å². The second-order valence-corrected chi connectivity index (χ2v) is 4.11. The molecule has 0 aliphatic heterocycles. The van der Waals surface area contributed by atoms with E-state index in [1.807, 2.05) is 0 Å². The van der Waals surface area contributed by atoms with E-state index in [1.54, 1.807) is 0 Å². The van der Waals surface area contributed by atoms with E-state index in [2.05, 4.69) is 0 Å². The van der Waals surface area contributed by atoms with E-state index in [1.165, 1.54) is 36.4 Å². The summed E-state index contributed by atoms with van der Waals surface area (Å²) in [5.41, 5.74) is 5.88. The maximum atomic E-state index is 13.2. The first-order chi connectivity index (χ1) is 8.56. The second-order valence-electron chi connectivity index (χ2n) is 3.71. The fourth-order valence-electron chi connectivity index (χ4n) is 1.41. The maximum absolute atomic E-state index is 13.2. The van der Waals surface area contributed by atoms with E-state index in [0.29, 0.717) is 16.3 Å². The van der Waals surface area contributed by atoms with Crippen molar-refractivity contribution in [3.05, 3.63) is 58.6 Å². The number of hydrogen-bond donors (Lipinski definition) is 1. The van der Waals surface area contributed by atoms with E-state index >= 15 is 0 Å². The van der Waals surface area contributed by atoms with Gasteiger partial charge in [0.1, 0.15) is 24.0 Å². The van der Waals surface area contributed by atoms with Crippen molar-refractivity contribution in [3.8, 4) is 5.75 Å². The third-order valence-electron chi connectivity index (χ3n) is 2.37. The molecule has 0 saturated carbocycles. The van der Waals surface area contributed by atoms with E-state index < -0.39 is 11.6 Å². The number of ether oxygens (including phenoxy) is 1. The van der Waals surface area contributed by atoms with Crippen molar-refractivity contribution in [1.29, 1.82) is 0 Å². The smallest absolute Gasteiger partial charge is 0.149 e. The van der Waals surface area contributed by atoms with Crippen molar-refractivity contribution in [2.45, 2.75) is 6.61 Å². The van der Waals surface area contributed by atoms with Crippen molar-refractivity contribution in [2.75, 3.05) is 5.73 Å². The van der Waals surface area contributed by atoms with Gasteiger partial charge in [0.05, 0.1) is 5.69 Å². The number of anilines is 1. The average molecular weight is 270 g/mol. The lowest BCUT2D eigenvalue weighted by Gasteiger charge is -2.08. The Morgan fingerprint density at radius 3 is 2.61 bits per heavy atom. The SMILES string of the molecule is Nc1ccc(OCc2cc(F)ccc2Cl)cc1F. The van der Waals surface area contributed by atoms with Gasteiger partial charge in [0.15, 0.2) is 0 Å². The van der Waals surface area contributed by atoms with E-state index in [0.717, 1.165) is 0 Å². The van der Waals surface area contributed by atoms with Crippen LogP contribution >= 0.6 is 11.6 Å². The number of hydrogen-bond acceptors (Lipinski definition) is 2. The molecular formula is C13H10ClF2NO. The van der Waals surface area contributed by atoms with Gasteiger partial charge in [0, 0.05) is 16.7 Å². The van der Waals surface area contributed by atoms with Gasteiger partial charge in [0.25, 0.3) is 0 Å². The summed E-state index contributed by atoms with van der Waals surface area (Å²) in [6, 6.07) is 8.08. The van der Waals surface area contributed by atoms with Gasteiger partial charge in [-0.1, -0.05) is 11.6 Å². The molecule has 0 aliphatic carbocycles. The van der Waals surface area contributed by atoms with Crippen LogP contribution in [0.4, 0.5) is 14.5 Å². The van der Waals surface area contributed by atoms with Crippen molar-refractivity contribution in [3.63, 3.8) is 0 Å². The quantitative estimate of drug-likeness (QED) is 0.861. The van der Waals surface area contributed by atoms with Crippen molar-refractivity contribution in [2.24, 2.45) is 0 Å². The van der Waals surface area contributed by atoms with Gasteiger partial charge in [-0.15, -0.1) is 0 Å². The van der Waals surface area contributed by atoms with Gasteiger partial charge in [-0.25, -0.2) is 8.78 Å². The number of nitrogens with two attached hydrogens (primary N) is 1. The molecule has 0 spiro atoms. The first-order valence-corrected chi connectivity index (χ1v) is 5.56. The Morgan fingerprint density at radius 2 is 1.89 bits per heavy atom. The number of rotatable bonds is 3. The summed E-state index contributed by atoms with van der Waals surface area (Å²) in [4.78, 5) is 0. The maximum Gasteiger partial charge on any atom is 0.149 e. The highest BCUT2D eigenvalue weighted by atomic mass is 35.5. The standard InChI is InChI=1S/C13H10ClF2NO/c14-11-3-1-9(15)5-8(11)7-18-10-2-4-13(17)12(16)6-10/h1-6H,7,17H2. The Balaban J connectivity index is 2.11. The van der Waals surface area contributed by atoms with Crippen LogP contribution in [0.15, 0.2) is 36.4 Å². The molecule has 2 N–H and O–H groups in total. The third kappa shape index (κ3) is 2.90. The van der Waals surface area contributed by atoms with E-state index in [4.69, 9.17) is 22.1 Å². The average Bonchev–Trinajstić information content (AvgIpc) is 2.34. The Bertz CT molecular complexity index is 575. The fourth-order valence-corrected chi connectivity index (χ4v) is 1.58. The fraction of sp³-hybridized carbons (Fsp3) is 0.0769. The number of benzene rings is 2. The Kier molecular flexibility index (Phi) is 3.67. The molecule has 0 radical (unpaired) electrons. The molecule has 18 heavy (non-hydrogen) atoms. The molecule has 2 rings (SSSR count). The molecule has 0 saturated heterocycles. The minimum atomic E-state index is -0.558. The minimum absolute atomic E-state index is 0.0473. The Labute approximate surface area is 108 Å². The van der Waals surface area contributed by atoms with Crippen LogP contribution < -0.4 is 10.5 Å². The molecular weight excluding hydrogens is 260 g/mol. The molecule has 0 atom stereocenters. The highest BCUT2D eigenvalue weighted by molar-refractivity contribution is 6.31. The van der Waals surface area contributed by atoms with Gasteiger partial charge in [-0.2, -0.15) is 0 Å². The summed E-state index contributed by atoms with van der Waals surface area (Å²) in [5, 5.41) is 0.396. The summed E-state index contributed by atoms with van der Waals surface area (Å²) in [6.07, 6.45) is 0. The zero-order valence-electron chi connectivity index (χ0n) is 9.29. The number of halogens is 3. The first kappa shape index (κ1) is 12.6. The summed E-state index contributed by atoms with van der Waals surface area (Å²) in [6.45, 7) is 0.0555. The van der Waals surface area contributed by atoms with E-state index in [9.17, 15) is 8.78 Å².